The molecule has 1 heterocycles. The van der Waals surface area contributed by atoms with Crippen LogP contribution in [0.25, 0.3) is 21.8 Å². The number of azo groups is 1. The third-order valence-electron chi connectivity index (χ3n) is 5.70. The largest absolute Gasteiger partial charge is 1.00 e. The van der Waals surface area contributed by atoms with Crippen LogP contribution in [-0.4, -0.2) is 34.0 Å². The van der Waals surface area contributed by atoms with Crippen LogP contribution in [0.4, 0.5) is 17.1 Å². The van der Waals surface area contributed by atoms with Gasteiger partial charge < -0.3 is 20.2 Å². The molecule has 19 heteroatoms. The molecule has 0 saturated heterocycles. The molecule has 0 saturated carbocycles. The summed E-state index contributed by atoms with van der Waals surface area (Å²) in [5.41, 5.74) is 0.789. The molecule has 0 fully saturated rings. The van der Waals surface area contributed by atoms with E-state index in [1.54, 1.807) is 18.2 Å². The molecule has 45 heavy (non-hydrogen) atoms. The molecule has 222 valence electrons. The van der Waals surface area contributed by atoms with E-state index in [0.29, 0.717) is 28.5 Å². The molecule has 0 unspecified atom stereocenters. The number of phenolic OH excluding ortho intramolecular Hbond substituents is 1. The number of benzene rings is 4. The van der Waals surface area contributed by atoms with Crippen molar-refractivity contribution in [3.05, 3.63) is 82.6 Å². The van der Waals surface area contributed by atoms with Gasteiger partial charge in [0, 0.05) is 16.6 Å². The van der Waals surface area contributed by atoms with E-state index in [1.165, 1.54) is 42.5 Å². The van der Waals surface area contributed by atoms with Gasteiger partial charge in [0.15, 0.2) is 16.1 Å². The molecule has 5 aromatic rings. The topological polar surface area (TPSA) is 199 Å². The average molecular weight is 708 g/mol. The van der Waals surface area contributed by atoms with E-state index in [2.05, 4.69) is 34.9 Å². The number of rotatable bonds is 8. The minimum Gasteiger partial charge on any atom is -0.744 e. The molecular weight excluding hydrogens is 691 g/mol. The fraction of sp³-hybridized carbons (Fsp3) is 0.0385. The van der Waals surface area contributed by atoms with Gasteiger partial charge in [0.05, 0.1) is 32.9 Å². The summed E-state index contributed by atoms with van der Waals surface area (Å²) >= 11 is 12.2. The van der Waals surface area contributed by atoms with Gasteiger partial charge in [0.1, 0.15) is 21.5 Å². The van der Waals surface area contributed by atoms with E-state index in [-0.39, 0.29) is 110 Å². The minimum atomic E-state index is -4.88. The number of aromatic nitrogens is 2. The van der Waals surface area contributed by atoms with Gasteiger partial charge in [-0.1, -0.05) is 48.8 Å². The van der Waals surface area contributed by atoms with Crippen LogP contribution >= 0.6 is 35.2 Å². The third-order valence-corrected chi connectivity index (χ3v) is 7.82. The Balaban J connectivity index is 0.00000235. The molecule has 0 radical (unpaired) electrons. The van der Waals surface area contributed by atoms with Crippen LogP contribution in [0.15, 0.2) is 86.7 Å². The van der Waals surface area contributed by atoms with E-state index >= 15 is 0 Å². The normalized spacial score (nSPS) is 11.1. The van der Waals surface area contributed by atoms with Crippen molar-refractivity contribution >= 4 is 90.1 Å². The molecule has 2 N–H and O–H groups in total. The van der Waals surface area contributed by atoms with Crippen LogP contribution < -0.4 is 69.7 Å². The maximum absolute atomic E-state index is 13.0. The Morgan fingerprint density at radius 3 is 2.33 bits per heavy atom. The van der Waals surface area contributed by atoms with E-state index < -0.39 is 26.7 Å². The summed E-state index contributed by atoms with van der Waals surface area (Å²) in [5.74, 6) is -0.966. The first-order chi connectivity index (χ1) is 20.0. The van der Waals surface area contributed by atoms with E-state index in [4.69, 9.17) is 23.2 Å². The zero-order valence-corrected chi connectivity index (χ0v) is 29.7. The number of hydrogen-bond acceptors (Lipinski definition) is 13. The SMILES string of the molecule is C.O=C(Nc1ccc2cc(SOO[O-])c(N=Nc3ccccc3S(=O)(=O)[O-])c(O)c2c1)c1ccc2nc(Cl)c(Cl)nc2c1.[Na+].[Na+]. The number of halogens is 2. The van der Waals surface area contributed by atoms with Gasteiger partial charge in [-0.3, -0.25) is 9.83 Å². The second kappa shape index (κ2) is 16.8. The maximum atomic E-state index is 13.0. The van der Waals surface area contributed by atoms with Gasteiger partial charge in [0.25, 0.3) is 5.91 Å². The third kappa shape index (κ3) is 9.12. The fourth-order valence-corrected chi connectivity index (χ4v) is 5.21. The Hall–Kier alpha value is -1.93. The first kappa shape index (κ1) is 39.2. The summed E-state index contributed by atoms with van der Waals surface area (Å²) in [7, 11) is -4.88. The second-order valence-corrected chi connectivity index (χ2v) is 11.1. The van der Waals surface area contributed by atoms with Crippen molar-refractivity contribution in [1.29, 1.82) is 0 Å². The average Bonchev–Trinajstić information content (AvgIpc) is 2.96. The summed E-state index contributed by atoms with van der Waals surface area (Å²) in [6.45, 7) is 0. The predicted octanol–water partition coefficient (Wildman–Crippen LogP) is 0.242. The summed E-state index contributed by atoms with van der Waals surface area (Å²) < 4.78 is 39.2. The van der Waals surface area contributed by atoms with Crippen LogP contribution in [0.1, 0.15) is 17.8 Å². The smallest absolute Gasteiger partial charge is 0.744 e. The molecule has 0 aliphatic carbocycles. The first-order valence-corrected chi connectivity index (χ1v) is 14.3. The summed E-state index contributed by atoms with van der Waals surface area (Å²) in [6, 6.07) is 15.7. The number of aromatic hydroxyl groups is 1. The Morgan fingerprint density at radius 1 is 0.956 bits per heavy atom. The van der Waals surface area contributed by atoms with Gasteiger partial charge in [-0.25, -0.2) is 18.4 Å². The summed E-state index contributed by atoms with van der Waals surface area (Å²) in [6.07, 6.45) is 0. The van der Waals surface area contributed by atoms with Crippen LogP contribution in [-0.2, 0) is 19.5 Å². The van der Waals surface area contributed by atoms with Crippen molar-refractivity contribution in [1.82, 2.24) is 9.97 Å². The predicted molar refractivity (Wildman–Crippen MR) is 156 cm³/mol. The number of carbonyl (C=O) groups excluding carboxylic acids is 1. The number of carbonyl (C=O) groups is 1. The Bertz CT molecular complexity index is 2020. The monoisotopic (exact) mass is 707 g/mol. The zero-order valence-electron chi connectivity index (χ0n) is 22.5. The number of anilines is 1. The molecule has 13 nitrogen and oxygen atoms in total. The van der Waals surface area contributed by atoms with Gasteiger partial charge in [-0.05, 0) is 53.9 Å². The molecule has 0 spiro atoms. The van der Waals surface area contributed by atoms with Crippen LogP contribution in [0.3, 0.4) is 0 Å². The number of nitrogens with zero attached hydrogens (tertiary/aromatic N) is 4. The molecule has 1 aromatic heterocycles. The van der Waals surface area contributed by atoms with Crippen molar-refractivity contribution < 1.29 is 96.6 Å². The van der Waals surface area contributed by atoms with Crippen molar-refractivity contribution in [2.24, 2.45) is 10.2 Å². The van der Waals surface area contributed by atoms with Crippen molar-refractivity contribution in [3.63, 3.8) is 0 Å². The number of amides is 1. The van der Waals surface area contributed by atoms with Crippen molar-refractivity contribution in [2.45, 2.75) is 17.2 Å². The maximum Gasteiger partial charge on any atom is 1.00 e. The van der Waals surface area contributed by atoms with Crippen LogP contribution in [0.5, 0.6) is 5.75 Å². The summed E-state index contributed by atoms with van der Waals surface area (Å²) in [5, 5.41) is 36.1. The standard InChI is InChI=1S/C25H15Cl2N5O8S2.CH4.2Na/c26-23-24(27)30-18-9-13(6-8-16(18)29-23)25(34)28-14-7-5-12-10-19(41-40-39-35)21(22(33)15(12)11-14)32-31-17-3-1-2-4-20(17)42(36,37)38;;;/h1-11,33,35H,(H,28,34)(H,36,37,38);1H4;;/q;;2*+1/p-2. The molecule has 4 aromatic carbocycles. The molecule has 1 amide bonds. The Labute approximate surface area is 314 Å². The van der Waals surface area contributed by atoms with Crippen LogP contribution in [0, 0.1) is 0 Å². The van der Waals surface area contributed by atoms with Gasteiger partial charge in [-0.15, -0.1) is 10.2 Å². The fourth-order valence-electron chi connectivity index (χ4n) is 3.84. The molecule has 0 aliphatic heterocycles. The summed E-state index contributed by atoms with van der Waals surface area (Å²) in [4.78, 5) is 20.7. The molecule has 0 atom stereocenters. The second-order valence-electron chi connectivity index (χ2n) is 8.31. The molecule has 0 bridgehead atoms. The van der Waals surface area contributed by atoms with E-state index in [9.17, 15) is 28.1 Å². The quantitative estimate of drug-likeness (QED) is 0.0559. The Morgan fingerprint density at radius 2 is 1.64 bits per heavy atom. The van der Waals surface area contributed by atoms with E-state index in [0.717, 1.165) is 6.07 Å². The van der Waals surface area contributed by atoms with Crippen molar-refractivity contribution in [3.8, 4) is 5.75 Å². The first-order valence-electron chi connectivity index (χ1n) is 11.4. The molecule has 0 aliphatic rings. The van der Waals surface area contributed by atoms with Crippen molar-refractivity contribution in [2.75, 3.05) is 5.32 Å². The zero-order chi connectivity index (χ0) is 30.0. The van der Waals surface area contributed by atoms with Gasteiger partial charge in [0.2, 0.25) is 0 Å². The molecular formula is C26H17Cl2N5Na2O8S2. The Kier molecular flexibility index (Phi) is 14.6. The number of phenols is 1. The molecule has 5 rings (SSSR count). The minimum absolute atomic E-state index is 0. The van der Waals surface area contributed by atoms with Crippen LogP contribution in [0.2, 0.25) is 10.3 Å². The van der Waals surface area contributed by atoms with Gasteiger partial charge in [-0.2, -0.15) is 4.33 Å². The number of fused-ring (bicyclic) bond motifs is 2. The number of nitrogens with one attached hydrogen (secondary N) is 1. The van der Waals surface area contributed by atoms with Gasteiger partial charge >= 0.3 is 59.1 Å². The van der Waals surface area contributed by atoms with E-state index in [1.807, 2.05) is 0 Å². The number of hydrogen-bond donors (Lipinski definition) is 2.